The van der Waals surface area contributed by atoms with Gasteiger partial charge in [0.25, 0.3) is 0 Å². The Balaban J connectivity index is 1.87. The van der Waals surface area contributed by atoms with Crippen LogP contribution in [0, 0.1) is 5.92 Å². The summed E-state index contributed by atoms with van der Waals surface area (Å²) >= 11 is 0. The second kappa shape index (κ2) is 3.99. The van der Waals surface area contributed by atoms with Crippen LogP contribution < -0.4 is 5.73 Å². The maximum absolute atomic E-state index is 5.90. The van der Waals surface area contributed by atoms with Crippen molar-refractivity contribution in [1.82, 2.24) is 9.55 Å². The number of hydrogen-bond donors (Lipinski definition) is 1. The molecule has 2 N–H and O–H groups in total. The normalized spacial score (nSPS) is 21.5. The van der Waals surface area contributed by atoms with E-state index in [1.807, 2.05) is 12.1 Å². The van der Waals surface area contributed by atoms with Crippen molar-refractivity contribution in [2.24, 2.45) is 5.92 Å². The Morgan fingerprint density at radius 1 is 1.26 bits per heavy atom. The lowest BCUT2D eigenvalue weighted by atomic mass is 9.80. The molecule has 2 fully saturated rings. The second-order valence-corrected chi connectivity index (χ2v) is 6.29. The zero-order valence-corrected chi connectivity index (χ0v) is 11.5. The fourth-order valence-corrected chi connectivity index (χ4v) is 3.33. The van der Waals surface area contributed by atoms with Gasteiger partial charge in [-0.3, -0.25) is 0 Å². The fraction of sp³-hybridized carbons (Fsp3) is 0.562. The highest BCUT2D eigenvalue weighted by atomic mass is 15.1. The maximum Gasteiger partial charge on any atom is 0.113 e. The van der Waals surface area contributed by atoms with Crippen molar-refractivity contribution < 1.29 is 0 Å². The third kappa shape index (κ3) is 1.75. The number of anilines is 1. The fourth-order valence-electron chi connectivity index (χ4n) is 3.33. The Bertz CT molecular complexity index is 620. The van der Waals surface area contributed by atoms with Gasteiger partial charge < -0.3 is 10.3 Å². The first kappa shape index (κ1) is 11.3. The molecule has 100 valence electrons. The van der Waals surface area contributed by atoms with Crippen LogP contribution in [0.2, 0.25) is 0 Å². The van der Waals surface area contributed by atoms with Gasteiger partial charge in [-0.05, 0) is 56.7 Å². The molecule has 0 amide bonds. The molecule has 0 aliphatic heterocycles. The van der Waals surface area contributed by atoms with Gasteiger partial charge in [0.05, 0.1) is 11.0 Å². The topological polar surface area (TPSA) is 43.8 Å². The van der Waals surface area contributed by atoms with Crippen molar-refractivity contribution in [3.8, 4) is 0 Å². The number of benzene rings is 1. The van der Waals surface area contributed by atoms with Crippen LogP contribution in [0.4, 0.5) is 5.69 Å². The number of nitrogens with zero attached hydrogens (tertiary/aromatic N) is 2. The molecule has 2 aromatic rings. The zero-order valence-electron chi connectivity index (χ0n) is 11.5. The van der Waals surface area contributed by atoms with E-state index < -0.39 is 0 Å². The van der Waals surface area contributed by atoms with Gasteiger partial charge >= 0.3 is 0 Å². The molecule has 3 nitrogen and oxygen atoms in total. The summed E-state index contributed by atoms with van der Waals surface area (Å²) < 4.78 is 2.51. The van der Waals surface area contributed by atoms with Gasteiger partial charge in [-0.1, -0.05) is 6.42 Å². The molecular weight excluding hydrogens is 234 g/mol. The van der Waals surface area contributed by atoms with Crippen LogP contribution in [0.15, 0.2) is 18.2 Å². The van der Waals surface area contributed by atoms with Crippen molar-refractivity contribution >= 4 is 16.7 Å². The first-order chi connectivity index (χ1) is 9.24. The number of nitrogens with two attached hydrogens (primary N) is 1. The molecule has 0 bridgehead atoms. The van der Waals surface area contributed by atoms with Crippen LogP contribution in [0.1, 0.15) is 56.8 Å². The molecule has 19 heavy (non-hydrogen) atoms. The zero-order chi connectivity index (χ0) is 13.0. The summed E-state index contributed by atoms with van der Waals surface area (Å²) in [4.78, 5) is 4.88. The van der Waals surface area contributed by atoms with Gasteiger partial charge in [0.2, 0.25) is 0 Å². The Labute approximate surface area is 113 Å². The molecule has 3 heteroatoms. The highest BCUT2D eigenvalue weighted by Gasteiger charge is 2.34. The predicted octanol–water partition coefficient (Wildman–Crippen LogP) is 3.86. The van der Waals surface area contributed by atoms with Gasteiger partial charge in [-0.25, -0.2) is 4.98 Å². The van der Waals surface area contributed by atoms with E-state index in [9.17, 15) is 0 Å². The van der Waals surface area contributed by atoms with E-state index in [2.05, 4.69) is 17.6 Å². The number of hydrogen-bond acceptors (Lipinski definition) is 2. The van der Waals surface area contributed by atoms with Crippen molar-refractivity contribution in [3.63, 3.8) is 0 Å². The molecule has 2 aliphatic carbocycles. The number of nitrogen functional groups attached to an aromatic ring is 1. The van der Waals surface area contributed by atoms with Crippen molar-refractivity contribution in [3.05, 3.63) is 24.0 Å². The van der Waals surface area contributed by atoms with Crippen LogP contribution in [-0.4, -0.2) is 9.55 Å². The molecule has 1 atom stereocenters. The first-order valence-corrected chi connectivity index (χ1v) is 7.51. The third-order valence-corrected chi connectivity index (χ3v) is 4.92. The summed E-state index contributed by atoms with van der Waals surface area (Å²) in [6.07, 6.45) is 6.75. The summed E-state index contributed by atoms with van der Waals surface area (Å²) in [5.41, 5.74) is 9.07. The molecule has 2 aliphatic rings. The standard InChI is InChI=1S/C16H21N3/c1-10(11-3-2-4-11)19-15-8-7-13(17)9-14(15)18-16(19)12-5-6-12/h7-12H,2-6,17H2,1H3. The van der Waals surface area contributed by atoms with Crippen LogP contribution in [0.25, 0.3) is 11.0 Å². The maximum atomic E-state index is 5.90. The molecule has 4 rings (SSSR count). The predicted molar refractivity (Wildman–Crippen MR) is 78.2 cm³/mol. The molecule has 1 heterocycles. The quantitative estimate of drug-likeness (QED) is 0.846. The van der Waals surface area contributed by atoms with E-state index in [0.717, 1.165) is 17.1 Å². The third-order valence-electron chi connectivity index (χ3n) is 4.92. The van der Waals surface area contributed by atoms with E-state index in [4.69, 9.17) is 10.7 Å². The van der Waals surface area contributed by atoms with E-state index in [-0.39, 0.29) is 0 Å². The van der Waals surface area contributed by atoms with Crippen molar-refractivity contribution in [2.45, 2.75) is 51.0 Å². The molecule has 1 unspecified atom stereocenters. The Morgan fingerprint density at radius 3 is 2.68 bits per heavy atom. The van der Waals surface area contributed by atoms with Crippen molar-refractivity contribution in [1.29, 1.82) is 0 Å². The minimum Gasteiger partial charge on any atom is -0.399 e. The number of imidazole rings is 1. The van der Waals surface area contributed by atoms with Crippen LogP contribution >= 0.6 is 0 Å². The summed E-state index contributed by atoms with van der Waals surface area (Å²) in [5, 5.41) is 0. The molecule has 2 saturated carbocycles. The molecular formula is C16H21N3. The van der Waals surface area contributed by atoms with E-state index in [1.165, 1.54) is 43.4 Å². The van der Waals surface area contributed by atoms with Crippen LogP contribution in [0.5, 0.6) is 0 Å². The number of fused-ring (bicyclic) bond motifs is 1. The minimum atomic E-state index is 0.581. The number of rotatable bonds is 3. The smallest absolute Gasteiger partial charge is 0.113 e. The van der Waals surface area contributed by atoms with Gasteiger partial charge in [0.1, 0.15) is 5.82 Å². The van der Waals surface area contributed by atoms with E-state index in [0.29, 0.717) is 12.0 Å². The summed E-state index contributed by atoms with van der Waals surface area (Å²) in [6, 6.07) is 6.76. The van der Waals surface area contributed by atoms with Crippen molar-refractivity contribution in [2.75, 3.05) is 5.73 Å². The second-order valence-electron chi connectivity index (χ2n) is 6.29. The van der Waals surface area contributed by atoms with E-state index >= 15 is 0 Å². The van der Waals surface area contributed by atoms with Crippen LogP contribution in [-0.2, 0) is 0 Å². The molecule has 1 aromatic carbocycles. The number of aromatic nitrogens is 2. The average molecular weight is 255 g/mol. The summed E-state index contributed by atoms with van der Waals surface area (Å²) in [6.45, 7) is 2.37. The lowest BCUT2D eigenvalue weighted by Gasteiger charge is -2.33. The SMILES string of the molecule is CC(C1CCC1)n1c(C2CC2)nc2cc(N)ccc21. The summed E-state index contributed by atoms with van der Waals surface area (Å²) in [5.74, 6) is 2.84. The first-order valence-electron chi connectivity index (χ1n) is 7.51. The monoisotopic (exact) mass is 255 g/mol. The Morgan fingerprint density at radius 2 is 2.05 bits per heavy atom. The lowest BCUT2D eigenvalue weighted by molar-refractivity contribution is 0.223. The molecule has 0 radical (unpaired) electrons. The minimum absolute atomic E-state index is 0.581. The average Bonchev–Trinajstić information content (AvgIpc) is 3.08. The largest absolute Gasteiger partial charge is 0.399 e. The highest BCUT2D eigenvalue weighted by Crippen LogP contribution is 2.45. The van der Waals surface area contributed by atoms with Crippen LogP contribution in [0.3, 0.4) is 0 Å². The lowest BCUT2D eigenvalue weighted by Crippen LogP contribution is -2.24. The van der Waals surface area contributed by atoms with Gasteiger partial charge in [-0.15, -0.1) is 0 Å². The highest BCUT2D eigenvalue weighted by molar-refractivity contribution is 5.80. The van der Waals surface area contributed by atoms with Gasteiger partial charge in [0, 0.05) is 17.6 Å². The van der Waals surface area contributed by atoms with E-state index in [1.54, 1.807) is 0 Å². The van der Waals surface area contributed by atoms with Gasteiger partial charge in [-0.2, -0.15) is 0 Å². The molecule has 0 spiro atoms. The molecule has 0 saturated heterocycles. The summed E-state index contributed by atoms with van der Waals surface area (Å²) in [7, 11) is 0. The Hall–Kier alpha value is -1.51. The van der Waals surface area contributed by atoms with Gasteiger partial charge in [0.15, 0.2) is 0 Å². The molecule has 1 aromatic heterocycles. The Kier molecular flexibility index (Phi) is 2.38.